The molecule has 1 saturated heterocycles. The molecule has 1 aliphatic rings. The minimum Gasteiger partial charge on any atom is -0.488 e. The van der Waals surface area contributed by atoms with Gasteiger partial charge in [-0.2, -0.15) is 0 Å². The highest BCUT2D eigenvalue weighted by Gasteiger charge is 2.37. The summed E-state index contributed by atoms with van der Waals surface area (Å²) in [5.41, 5.74) is 4.75. The molecule has 0 saturated carbocycles. The molecular weight excluding hydrogens is 532 g/mol. The molecule has 3 aromatic carbocycles. The highest BCUT2D eigenvalue weighted by molar-refractivity contribution is 9.10. The molecule has 4 amide bonds. The van der Waals surface area contributed by atoms with Gasteiger partial charge >= 0.3 is 6.03 Å². The van der Waals surface area contributed by atoms with Crippen LogP contribution < -0.4 is 15.0 Å². The Balaban J connectivity index is 1.67. The van der Waals surface area contributed by atoms with Gasteiger partial charge in [-0.05, 0) is 85.5 Å². The van der Waals surface area contributed by atoms with Crippen LogP contribution in [0.3, 0.4) is 0 Å². The number of carbonyl (C=O) groups excluding carboxylic acids is 3. The first kappa shape index (κ1) is 24.7. The van der Waals surface area contributed by atoms with Crippen LogP contribution in [0.1, 0.15) is 27.8 Å². The third-order valence-corrected chi connectivity index (χ3v) is 6.86. The number of anilines is 1. The zero-order valence-electron chi connectivity index (χ0n) is 19.3. The van der Waals surface area contributed by atoms with Gasteiger partial charge in [-0.25, -0.2) is 9.69 Å². The fourth-order valence-electron chi connectivity index (χ4n) is 3.63. The monoisotopic (exact) mass is 552 g/mol. The fraction of sp³-hybridized carbons (Fsp3) is 0.148. The molecule has 0 radical (unpaired) electrons. The van der Waals surface area contributed by atoms with Crippen molar-refractivity contribution in [2.45, 2.75) is 27.4 Å². The number of barbiturate groups is 1. The van der Waals surface area contributed by atoms with Crippen molar-refractivity contribution in [1.82, 2.24) is 5.32 Å². The molecule has 0 atom stereocenters. The molecule has 4 rings (SSSR count). The third kappa shape index (κ3) is 5.31. The van der Waals surface area contributed by atoms with Gasteiger partial charge in [-0.3, -0.25) is 14.9 Å². The number of halogens is 2. The zero-order valence-corrected chi connectivity index (χ0v) is 21.7. The number of rotatable bonds is 5. The Labute approximate surface area is 216 Å². The number of benzene rings is 3. The van der Waals surface area contributed by atoms with Crippen molar-refractivity contribution in [3.05, 3.63) is 97.5 Å². The number of ether oxygens (including phenoxy) is 1. The summed E-state index contributed by atoms with van der Waals surface area (Å²) in [4.78, 5) is 39.4. The van der Waals surface area contributed by atoms with Gasteiger partial charge < -0.3 is 4.74 Å². The van der Waals surface area contributed by atoms with E-state index < -0.39 is 17.8 Å². The second-order valence-electron chi connectivity index (χ2n) is 8.28. The zero-order chi connectivity index (χ0) is 25.3. The smallest absolute Gasteiger partial charge is 0.335 e. The van der Waals surface area contributed by atoms with Crippen LogP contribution in [-0.4, -0.2) is 17.8 Å². The summed E-state index contributed by atoms with van der Waals surface area (Å²) in [6, 6.07) is 15.3. The molecule has 0 spiro atoms. The minimum atomic E-state index is -0.809. The van der Waals surface area contributed by atoms with Crippen molar-refractivity contribution < 1.29 is 19.1 Å². The van der Waals surface area contributed by atoms with Crippen molar-refractivity contribution >= 4 is 57.1 Å². The van der Waals surface area contributed by atoms with Gasteiger partial charge in [0.1, 0.15) is 17.9 Å². The van der Waals surface area contributed by atoms with E-state index in [2.05, 4.69) is 21.2 Å². The van der Waals surface area contributed by atoms with Gasteiger partial charge in [0.15, 0.2) is 0 Å². The first-order chi connectivity index (χ1) is 16.6. The van der Waals surface area contributed by atoms with Gasteiger partial charge in [0.05, 0.1) is 5.69 Å². The lowest BCUT2D eigenvalue weighted by Crippen LogP contribution is -2.54. The molecule has 0 unspecified atom stereocenters. The standard InChI is InChI=1S/C27H22BrClN2O4/c1-15-4-5-18(10-16(15)2)14-35-24-9-6-20(29)12-19(24)13-22-25(32)30-27(34)31(26(22)33)21-7-8-23(28)17(3)11-21/h4-13H,14H2,1-3H3,(H,30,32,34)/b22-13-. The number of imide groups is 2. The van der Waals surface area contributed by atoms with E-state index >= 15 is 0 Å². The van der Waals surface area contributed by atoms with Crippen molar-refractivity contribution in [2.24, 2.45) is 0 Å². The second-order valence-corrected chi connectivity index (χ2v) is 9.57. The molecule has 35 heavy (non-hydrogen) atoms. The Bertz CT molecular complexity index is 1400. The number of amides is 4. The Morgan fingerprint density at radius 3 is 2.43 bits per heavy atom. The molecule has 0 aromatic heterocycles. The van der Waals surface area contributed by atoms with Crippen molar-refractivity contribution in [1.29, 1.82) is 0 Å². The minimum absolute atomic E-state index is 0.205. The predicted octanol–water partition coefficient (Wildman–Crippen LogP) is 6.27. The van der Waals surface area contributed by atoms with Crippen LogP contribution in [0.5, 0.6) is 5.75 Å². The summed E-state index contributed by atoms with van der Waals surface area (Å²) in [7, 11) is 0. The summed E-state index contributed by atoms with van der Waals surface area (Å²) < 4.78 is 6.85. The maximum atomic E-state index is 13.3. The first-order valence-electron chi connectivity index (χ1n) is 10.8. The second kappa shape index (κ2) is 10.1. The van der Waals surface area contributed by atoms with E-state index in [0.29, 0.717) is 28.6 Å². The third-order valence-electron chi connectivity index (χ3n) is 5.74. The van der Waals surface area contributed by atoms with E-state index in [1.165, 1.54) is 11.6 Å². The van der Waals surface area contributed by atoms with E-state index in [-0.39, 0.29) is 5.57 Å². The molecule has 8 heteroatoms. The average molecular weight is 554 g/mol. The highest BCUT2D eigenvalue weighted by Crippen LogP contribution is 2.30. The Morgan fingerprint density at radius 1 is 0.943 bits per heavy atom. The van der Waals surface area contributed by atoms with Crippen molar-refractivity contribution in [3.63, 3.8) is 0 Å². The number of aryl methyl sites for hydroxylation is 3. The number of nitrogens with one attached hydrogen (secondary N) is 1. The summed E-state index contributed by atoms with van der Waals surface area (Å²) in [5, 5.41) is 2.65. The van der Waals surface area contributed by atoms with Gasteiger partial charge in [-0.1, -0.05) is 45.7 Å². The Morgan fingerprint density at radius 2 is 1.71 bits per heavy atom. The molecule has 6 nitrogen and oxygen atoms in total. The fourth-order valence-corrected chi connectivity index (χ4v) is 4.06. The maximum absolute atomic E-state index is 13.3. The number of hydrogen-bond donors (Lipinski definition) is 1. The molecule has 1 aliphatic heterocycles. The predicted molar refractivity (Wildman–Crippen MR) is 140 cm³/mol. The average Bonchev–Trinajstić information content (AvgIpc) is 2.80. The molecule has 178 valence electrons. The summed E-state index contributed by atoms with van der Waals surface area (Å²) in [6.07, 6.45) is 1.39. The quantitative estimate of drug-likeness (QED) is 0.298. The molecule has 0 bridgehead atoms. The summed E-state index contributed by atoms with van der Waals surface area (Å²) >= 11 is 9.61. The van der Waals surface area contributed by atoms with Gasteiger partial charge in [0, 0.05) is 15.1 Å². The first-order valence-corrected chi connectivity index (χ1v) is 12.0. The molecule has 3 aromatic rings. The normalized spacial score (nSPS) is 14.9. The molecule has 0 aliphatic carbocycles. The maximum Gasteiger partial charge on any atom is 0.335 e. The van der Waals surface area contributed by atoms with Gasteiger partial charge in [0.2, 0.25) is 0 Å². The number of carbonyl (C=O) groups is 3. The van der Waals surface area contributed by atoms with Crippen LogP contribution in [0.4, 0.5) is 10.5 Å². The SMILES string of the molecule is Cc1ccc(COc2ccc(Cl)cc2/C=C2/C(=O)NC(=O)N(c3ccc(Br)c(C)c3)C2=O)cc1C. The number of hydrogen-bond acceptors (Lipinski definition) is 4. The lowest BCUT2D eigenvalue weighted by atomic mass is 10.1. The Hall–Kier alpha value is -3.42. The lowest BCUT2D eigenvalue weighted by Gasteiger charge is -2.27. The number of urea groups is 1. The molecule has 1 N–H and O–H groups in total. The van der Waals surface area contributed by atoms with E-state index in [4.69, 9.17) is 16.3 Å². The van der Waals surface area contributed by atoms with Crippen LogP contribution in [0.25, 0.3) is 6.08 Å². The Kier molecular flexibility index (Phi) is 7.10. The van der Waals surface area contributed by atoms with Gasteiger partial charge in [-0.15, -0.1) is 0 Å². The highest BCUT2D eigenvalue weighted by atomic mass is 79.9. The van der Waals surface area contributed by atoms with Crippen LogP contribution in [0.15, 0.2) is 64.6 Å². The van der Waals surface area contributed by atoms with Crippen LogP contribution in [-0.2, 0) is 16.2 Å². The van der Waals surface area contributed by atoms with Crippen LogP contribution in [0.2, 0.25) is 5.02 Å². The van der Waals surface area contributed by atoms with Crippen LogP contribution in [0, 0.1) is 20.8 Å². The van der Waals surface area contributed by atoms with E-state index in [9.17, 15) is 14.4 Å². The largest absolute Gasteiger partial charge is 0.488 e. The summed E-state index contributed by atoms with van der Waals surface area (Å²) in [6.45, 7) is 6.21. The van der Waals surface area contributed by atoms with E-state index in [0.717, 1.165) is 26.1 Å². The van der Waals surface area contributed by atoms with Crippen LogP contribution >= 0.6 is 27.5 Å². The van der Waals surface area contributed by atoms with Crippen molar-refractivity contribution in [2.75, 3.05) is 4.90 Å². The van der Waals surface area contributed by atoms with E-state index in [1.54, 1.807) is 36.4 Å². The molecule has 1 fully saturated rings. The number of nitrogens with zero attached hydrogens (tertiary/aromatic N) is 1. The van der Waals surface area contributed by atoms with E-state index in [1.807, 2.05) is 39.0 Å². The molecule has 1 heterocycles. The molecular formula is C27H22BrClN2O4. The summed E-state index contributed by atoms with van der Waals surface area (Å²) in [5.74, 6) is -1.07. The lowest BCUT2D eigenvalue weighted by molar-refractivity contribution is -0.122. The van der Waals surface area contributed by atoms with Crippen molar-refractivity contribution in [3.8, 4) is 5.75 Å². The topological polar surface area (TPSA) is 75.7 Å². The van der Waals surface area contributed by atoms with Gasteiger partial charge in [0.25, 0.3) is 11.8 Å².